The SMILES string of the molecule is CCOc1ccccc1N(CC(=O)NCCOc1ccc(Cl)cc1)S(=O)(=O)c1ccccc1. The van der Waals surface area contributed by atoms with Crippen LogP contribution in [-0.2, 0) is 14.8 Å². The first kappa shape index (κ1) is 24.4. The molecule has 3 aromatic carbocycles. The maximum Gasteiger partial charge on any atom is 0.264 e. The average Bonchev–Trinajstić information content (AvgIpc) is 2.83. The van der Waals surface area contributed by atoms with Gasteiger partial charge in [-0.1, -0.05) is 41.9 Å². The summed E-state index contributed by atoms with van der Waals surface area (Å²) in [7, 11) is -4.02. The van der Waals surface area contributed by atoms with Crippen LogP contribution in [0, 0.1) is 0 Å². The molecule has 1 N–H and O–H groups in total. The van der Waals surface area contributed by atoms with Gasteiger partial charge in [-0.15, -0.1) is 0 Å². The quantitative estimate of drug-likeness (QED) is 0.410. The minimum Gasteiger partial charge on any atom is -0.492 e. The van der Waals surface area contributed by atoms with E-state index in [4.69, 9.17) is 21.1 Å². The van der Waals surface area contributed by atoms with E-state index in [1.807, 2.05) is 0 Å². The molecule has 3 rings (SSSR count). The maximum atomic E-state index is 13.4. The van der Waals surface area contributed by atoms with Crippen molar-refractivity contribution in [1.29, 1.82) is 0 Å². The van der Waals surface area contributed by atoms with Crippen molar-refractivity contribution in [2.75, 3.05) is 30.6 Å². The lowest BCUT2D eigenvalue weighted by atomic mass is 10.3. The molecule has 0 saturated heterocycles. The van der Waals surface area contributed by atoms with Crippen LogP contribution < -0.4 is 19.1 Å². The molecule has 174 valence electrons. The molecule has 0 aliphatic heterocycles. The van der Waals surface area contributed by atoms with E-state index in [1.54, 1.807) is 73.7 Å². The van der Waals surface area contributed by atoms with Gasteiger partial charge in [0.2, 0.25) is 5.91 Å². The molecule has 33 heavy (non-hydrogen) atoms. The number of hydrogen-bond acceptors (Lipinski definition) is 5. The Morgan fingerprint density at radius 1 is 0.939 bits per heavy atom. The number of carbonyl (C=O) groups is 1. The first-order valence-corrected chi connectivity index (χ1v) is 12.2. The fraction of sp³-hybridized carbons (Fsp3) is 0.208. The van der Waals surface area contributed by atoms with E-state index in [0.29, 0.717) is 23.1 Å². The van der Waals surface area contributed by atoms with Crippen LogP contribution in [0.5, 0.6) is 11.5 Å². The van der Waals surface area contributed by atoms with Crippen molar-refractivity contribution in [2.24, 2.45) is 0 Å². The third kappa shape index (κ3) is 6.63. The number of benzene rings is 3. The summed E-state index contributed by atoms with van der Waals surface area (Å²) < 4.78 is 39.1. The number of nitrogens with zero attached hydrogens (tertiary/aromatic N) is 1. The number of amides is 1. The molecule has 7 nitrogen and oxygen atoms in total. The molecule has 0 bridgehead atoms. The molecule has 0 aliphatic carbocycles. The minimum absolute atomic E-state index is 0.0789. The van der Waals surface area contributed by atoms with Gasteiger partial charge in [-0.2, -0.15) is 0 Å². The third-order valence-electron chi connectivity index (χ3n) is 4.56. The standard InChI is InChI=1S/C24H25ClN2O5S/c1-2-31-23-11-7-6-10-22(23)27(33(29,30)21-8-4-3-5-9-21)18-24(28)26-16-17-32-20-14-12-19(25)13-15-20/h3-15H,2,16-18H2,1H3,(H,26,28). The summed E-state index contributed by atoms with van der Waals surface area (Å²) in [5.41, 5.74) is 0.288. The van der Waals surface area contributed by atoms with Crippen molar-refractivity contribution in [2.45, 2.75) is 11.8 Å². The highest BCUT2D eigenvalue weighted by atomic mass is 35.5. The van der Waals surface area contributed by atoms with Gasteiger partial charge in [0.15, 0.2) is 0 Å². The molecule has 0 aromatic heterocycles. The molecular weight excluding hydrogens is 464 g/mol. The van der Waals surface area contributed by atoms with Gasteiger partial charge in [-0.05, 0) is 55.5 Å². The number of nitrogens with one attached hydrogen (secondary N) is 1. The predicted molar refractivity (Wildman–Crippen MR) is 129 cm³/mol. The molecule has 0 unspecified atom stereocenters. The molecule has 9 heteroatoms. The summed E-state index contributed by atoms with van der Waals surface area (Å²) in [4.78, 5) is 12.8. The van der Waals surface area contributed by atoms with E-state index in [2.05, 4.69) is 5.32 Å². The summed E-state index contributed by atoms with van der Waals surface area (Å²) in [5, 5.41) is 3.30. The number of para-hydroxylation sites is 2. The lowest BCUT2D eigenvalue weighted by Crippen LogP contribution is -2.42. The first-order valence-electron chi connectivity index (χ1n) is 10.4. The lowest BCUT2D eigenvalue weighted by molar-refractivity contribution is -0.119. The average molecular weight is 489 g/mol. The molecule has 0 atom stereocenters. The number of rotatable bonds is 11. The van der Waals surface area contributed by atoms with Crippen molar-refractivity contribution in [1.82, 2.24) is 5.32 Å². The van der Waals surface area contributed by atoms with Crippen molar-refractivity contribution in [3.8, 4) is 11.5 Å². The Morgan fingerprint density at radius 2 is 1.61 bits per heavy atom. The number of ether oxygens (including phenoxy) is 2. The Kier molecular flexibility index (Phi) is 8.57. The zero-order valence-corrected chi connectivity index (χ0v) is 19.7. The van der Waals surface area contributed by atoms with Crippen LogP contribution in [0.25, 0.3) is 0 Å². The number of halogens is 1. The van der Waals surface area contributed by atoms with Crippen molar-refractivity contribution < 1.29 is 22.7 Å². The largest absolute Gasteiger partial charge is 0.492 e. The van der Waals surface area contributed by atoms with Gasteiger partial charge in [0.05, 0.1) is 23.7 Å². The van der Waals surface area contributed by atoms with E-state index >= 15 is 0 Å². The van der Waals surface area contributed by atoms with Crippen LogP contribution in [0.2, 0.25) is 5.02 Å². The van der Waals surface area contributed by atoms with E-state index in [1.165, 1.54) is 12.1 Å². The molecule has 0 saturated carbocycles. The van der Waals surface area contributed by atoms with Crippen LogP contribution >= 0.6 is 11.6 Å². The zero-order valence-electron chi connectivity index (χ0n) is 18.1. The molecule has 0 aliphatic rings. The monoisotopic (exact) mass is 488 g/mol. The second kappa shape index (κ2) is 11.6. The van der Waals surface area contributed by atoms with Gasteiger partial charge in [-0.3, -0.25) is 9.10 Å². The number of anilines is 1. The summed E-state index contributed by atoms with van der Waals surface area (Å²) >= 11 is 5.85. The molecule has 1 amide bonds. The van der Waals surface area contributed by atoms with Crippen LogP contribution in [0.15, 0.2) is 83.8 Å². The Hall–Kier alpha value is -3.23. The Morgan fingerprint density at radius 3 is 2.30 bits per heavy atom. The summed E-state index contributed by atoms with van der Waals surface area (Å²) in [6.45, 7) is 2.16. The fourth-order valence-electron chi connectivity index (χ4n) is 3.04. The predicted octanol–water partition coefficient (Wildman–Crippen LogP) is 4.13. The minimum atomic E-state index is -4.02. The van der Waals surface area contributed by atoms with Gasteiger partial charge in [0.25, 0.3) is 10.0 Å². The molecule has 3 aromatic rings. The summed E-state index contributed by atoms with van der Waals surface area (Å²) in [6, 6.07) is 21.6. The number of sulfonamides is 1. The molecule has 0 fully saturated rings. The van der Waals surface area contributed by atoms with Crippen molar-refractivity contribution in [3.05, 3.63) is 83.9 Å². The Bertz CT molecular complexity index is 1150. The fourth-order valence-corrected chi connectivity index (χ4v) is 4.62. The highest BCUT2D eigenvalue weighted by Crippen LogP contribution is 2.32. The van der Waals surface area contributed by atoms with Gasteiger partial charge >= 0.3 is 0 Å². The van der Waals surface area contributed by atoms with E-state index in [0.717, 1.165) is 4.31 Å². The van der Waals surface area contributed by atoms with Crippen molar-refractivity contribution >= 4 is 33.2 Å². The van der Waals surface area contributed by atoms with E-state index < -0.39 is 22.5 Å². The Labute approximate surface area is 198 Å². The van der Waals surface area contributed by atoms with Crippen LogP contribution in [0.4, 0.5) is 5.69 Å². The molecule has 0 radical (unpaired) electrons. The zero-order chi connectivity index (χ0) is 23.7. The highest BCUT2D eigenvalue weighted by molar-refractivity contribution is 7.92. The topological polar surface area (TPSA) is 84.9 Å². The second-order valence-corrected chi connectivity index (χ2v) is 9.18. The summed E-state index contributed by atoms with van der Waals surface area (Å²) in [6.07, 6.45) is 0. The molecule has 0 spiro atoms. The van der Waals surface area contributed by atoms with E-state index in [-0.39, 0.29) is 23.7 Å². The lowest BCUT2D eigenvalue weighted by Gasteiger charge is -2.26. The van der Waals surface area contributed by atoms with Crippen molar-refractivity contribution in [3.63, 3.8) is 0 Å². The van der Waals surface area contributed by atoms with Crippen LogP contribution in [0.3, 0.4) is 0 Å². The molecule has 0 heterocycles. The van der Waals surface area contributed by atoms with E-state index in [9.17, 15) is 13.2 Å². The third-order valence-corrected chi connectivity index (χ3v) is 6.58. The van der Waals surface area contributed by atoms with Crippen LogP contribution in [-0.4, -0.2) is 40.6 Å². The molecular formula is C24H25ClN2O5S. The number of carbonyl (C=O) groups excluding carboxylic acids is 1. The Balaban J connectivity index is 1.74. The normalized spacial score (nSPS) is 11.0. The van der Waals surface area contributed by atoms with Crippen LogP contribution in [0.1, 0.15) is 6.92 Å². The van der Waals surface area contributed by atoms with Gasteiger partial charge in [0, 0.05) is 5.02 Å². The van der Waals surface area contributed by atoms with Gasteiger partial charge in [0.1, 0.15) is 24.7 Å². The summed E-state index contributed by atoms with van der Waals surface area (Å²) in [5.74, 6) is 0.520. The first-order chi connectivity index (χ1) is 15.9. The second-order valence-electron chi connectivity index (χ2n) is 6.88. The maximum absolute atomic E-state index is 13.4. The van der Waals surface area contributed by atoms with Gasteiger partial charge in [-0.25, -0.2) is 8.42 Å². The smallest absolute Gasteiger partial charge is 0.264 e. The highest BCUT2D eigenvalue weighted by Gasteiger charge is 2.29. The number of hydrogen-bond donors (Lipinski definition) is 1. The van der Waals surface area contributed by atoms with Gasteiger partial charge < -0.3 is 14.8 Å².